The normalized spacial score (nSPS) is 16.1. The van der Waals surface area contributed by atoms with Crippen molar-refractivity contribution >= 4 is 14.3 Å². The quantitative estimate of drug-likeness (QED) is 0.595. The summed E-state index contributed by atoms with van der Waals surface area (Å²) in [5.74, 6) is 0. The van der Waals surface area contributed by atoms with Gasteiger partial charge in [0.1, 0.15) is 0 Å². The largest absolute Gasteiger partial charge is 0.266 e. The lowest BCUT2D eigenvalue weighted by molar-refractivity contribution is 0.453. The van der Waals surface area contributed by atoms with Gasteiger partial charge < -0.3 is 0 Å². The highest BCUT2D eigenvalue weighted by Crippen LogP contribution is 2.22. The van der Waals surface area contributed by atoms with E-state index in [4.69, 9.17) is 0 Å². The van der Waals surface area contributed by atoms with Gasteiger partial charge in [0.2, 0.25) is 0 Å². The SMILES string of the molecule is CC(=P)N1Cc2ccccc2C1. The Bertz CT molecular complexity index is 294. The second-order valence-electron chi connectivity index (χ2n) is 3.21. The van der Waals surface area contributed by atoms with Gasteiger partial charge in [-0.3, -0.25) is 4.90 Å². The maximum Gasteiger partial charge on any atom is 0.0288 e. The van der Waals surface area contributed by atoms with Gasteiger partial charge in [0.15, 0.2) is 0 Å². The molecule has 62 valence electrons. The Kier molecular flexibility index (Phi) is 2.00. The summed E-state index contributed by atoms with van der Waals surface area (Å²) in [7, 11) is 3.55. The second kappa shape index (κ2) is 3.01. The Hall–Kier alpha value is -0.650. The third-order valence-electron chi connectivity index (χ3n) is 2.32. The monoisotopic (exact) mass is 177 g/mol. The van der Waals surface area contributed by atoms with Crippen LogP contribution in [-0.4, -0.2) is 10.3 Å². The van der Waals surface area contributed by atoms with Crippen molar-refractivity contribution in [2.24, 2.45) is 0 Å². The minimum Gasteiger partial charge on any atom is -0.266 e. The molecule has 0 saturated heterocycles. The van der Waals surface area contributed by atoms with E-state index >= 15 is 0 Å². The first kappa shape index (κ1) is 7.97. The number of benzene rings is 1. The van der Waals surface area contributed by atoms with Crippen LogP contribution in [0.4, 0.5) is 0 Å². The van der Waals surface area contributed by atoms with E-state index in [9.17, 15) is 0 Å². The van der Waals surface area contributed by atoms with Crippen LogP contribution < -0.4 is 0 Å². The molecule has 1 aromatic rings. The van der Waals surface area contributed by atoms with Crippen molar-refractivity contribution in [2.75, 3.05) is 0 Å². The molecule has 0 fully saturated rings. The molecule has 0 N–H and O–H groups in total. The molecule has 1 heterocycles. The predicted octanol–water partition coefficient (Wildman–Crippen LogP) is 2.29. The fraction of sp³-hybridized carbons (Fsp3) is 0.300. The van der Waals surface area contributed by atoms with Crippen LogP contribution in [0.15, 0.2) is 24.3 Å². The third kappa shape index (κ3) is 1.31. The van der Waals surface area contributed by atoms with Crippen molar-refractivity contribution in [3.8, 4) is 0 Å². The molecule has 0 bridgehead atoms. The Balaban J connectivity index is 2.27. The van der Waals surface area contributed by atoms with E-state index in [0.717, 1.165) is 13.1 Å². The van der Waals surface area contributed by atoms with Crippen LogP contribution in [0.25, 0.3) is 0 Å². The Labute approximate surface area is 75.2 Å². The van der Waals surface area contributed by atoms with Crippen molar-refractivity contribution in [1.82, 2.24) is 4.90 Å². The highest BCUT2D eigenvalue weighted by atomic mass is 31.0. The van der Waals surface area contributed by atoms with Gasteiger partial charge in [-0.05, 0) is 18.1 Å². The van der Waals surface area contributed by atoms with Crippen LogP contribution in [-0.2, 0) is 13.1 Å². The fourth-order valence-corrected chi connectivity index (χ4v) is 1.73. The van der Waals surface area contributed by atoms with Crippen LogP contribution in [0.1, 0.15) is 18.1 Å². The molecule has 1 aromatic carbocycles. The van der Waals surface area contributed by atoms with Crippen molar-refractivity contribution in [2.45, 2.75) is 20.0 Å². The molecular weight excluding hydrogens is 165 g/mol. The summed E-state index contributed by atoms with van der Waals surface area (Å²) in [6.45, 7) is 4.18. The number of fused-ring (bicyclic) bond motifs is 1. The van der Waals surface area contributed by atoms with Crippen LogP contribution in [0.2, 0.25) is 0 Å². The van der Waals surface area contributed by atoms with Gasteiger partial charge in [0, 0.05) is 18.5 Å². The molecule has 1 nitrogen and oxygen atoms in total. The van der Waals surface area contributed by atoms with Crippen molar-refractivity contribution < 1.29 is 0 Å². The molecule has 0 unspecified atom stereocenters. The Morgan fingerprint density at radius 2 is 1.75 bits per heavy atom. The lowest BCUT2D eigenvalue weighted by Gasteiger charge is -2.12. The topological polar surface area (TPSA) is 3.24 Å². The van der Waals surface area contributed by atoms with Crippen molar-refractivity contribution in [1.29, 1.82) is 0 Å². The van der Waals surface area contributed by atoms with Crippen molar-refractivity contribution in [3.63, 3.8) is 0 Å². The predicted molar refractivity (Wildman–Crippen MR) is 54.7 cm³/mol. The molecule has 0 aliphatic carbocycles. The molecule has 0 saturated carbocycles. The van der Waals surface area contributed by atoms with Crippen LogP contribution in [0, 0.1) is 0 Å². The smallest absolute Gasteiger partial charge is 0.0288 e. The minimum atomic E-state index is 1.05. The Morgan fingerprint density at radius 3 is 2.17 bits per heavy atom. The van der Waals surface area contributed by atoms with E-state index in [1.165, 1.54) is 16.5 Å². The summed E-state index contributed by atoms with van der Waals surface area (Å²) in [6.07, 6.45) is 0. The van der Waals surface area contributed by atoms with Gasteiger partial charge >= 0.3 is 0 Å². The van der Waals surface area contributed by atoms with Crippen LogP contribution in [0.3, 0.4) is 0 Å². The first-order chi connectivity index (χ1) is 5.77. The van der Waals surface area contributed by atoms with E-state index in [1.807, 2.05) is 0 Å². The lowest BCUT2D eigenvalue weighted by Crippen LogP contribution is -2.19. The van der Waals surface area contributed by atoms with Crippen LogP contribution >= 0.6 is 8.86 Å². The van der Waals surface area contributed by atoms with E-state index in [2.05, 4.69) is 45.0 Å². The maximum absolute atomic E-state index is 3.55. The summed E-state index contributed by atoms with van der Waals surface area (Å²) in [5.41, 5.74) is 4.12. The lowest BCUT2D eigenvalue weighted by atomic mass is 10.1. The first-order valence-corrected chi connectivity index (χ1v) is 4.64. The van der Waals surface area contributed by atoms with Gasteiger partial charge in [0.05, 0.1) is 0 Å². The Morgan fingerprint density at radius 1 is 1.25 bits per heavy atom. The summed E-state index contributed by atoms with van der Waals surface area (Å²) in [6, 6.07) is 8.60. The van der Waals surface area contributed by atoms with E-state index in [0.29, 0.717) is 0 Å². The van der Waals surface area contributed by atoms with E-state index < -0.39 is 0 Å². The molecule has 0 radical (unpaired) electrons. The summed E-state index contributed by atoms with van der Waals surface area (Å²) >= 11 is 0. The zero-order chi connectivity index (χ0) is 8.55. The van der Waals surface area contributed by atoms with Crippen LogP contribution in [0.5, 0.6) is 0 Å². The average molecular weight is 177 g/mol. The number of rotatable bonds is 1. The average Bonchev–Trinajstić information content (AvgIpc) is 2.46. The summed E-state index contributed by atoms with van der Waals surface area (Å²) < 4.78 is 0. The molecule has 0 atom stereocenters. The number of hydrogen-bond acceptors (Lipinski definition) is 0. The zero-order valence-corrected chi connectivity index (χ0v) is 8.17. The molecule has 1 aliphatic rings. The molecule has 2 rings (SSSR count). The highest BCUT2D eigenvalue weighted by molar-refractivity contribution is 7.20. The first-order valence-electron chi connectivity index (χ1n) is 4.14. The zero-order valence-electron chi connectivity index (χ0n) is 7.17. The number of hydrogen-bond donors (Lipinski definition) is 0. The third-order valence-corrected chi connectivity index (χ3v) is 2.63. The van der Waals surface area contributed by atoms with Crippen molar-refractivity contribution in [3.05, 3.63) is 35.4 Å². The highest BCUT2D eigenvalue weighted by Gasteiger charge is 2.17. The molecule has 2 heteroatoms. The van der Waals surface area contributed by atoms with Gasteiger partial charge in [0.25, 0.3) is 0 Å². The summed E-state index contributed by atoms with van der Waals surface area (Å²) in [5, 5.41) is 0. The molecule has 0 amide bonds. The molecule has 0 aromatic heterocycles. The van der Waals surface area contributed by atoms with Gasteiger partial charge in [-0.15, -0.1) is 8.86 Å². The number of nitrogens with zero attached hydrogens (tertiary/aromatic N) is 1. The molecule has 1 aliphatic heterocycles. The van der Waals surface area contributed by atoms with Gasteiger partial charge in [-0.25, -0.2) is 0 Å². The fourth-order valence-electron chi connectivity index (χ4n) is 1.57. The van der Waals surface area contributed by atoms with E-state index in [-0.39, 0.29) is 0 Å². The van der Waals surface area contributed by atoms with Gasteiger partial charge in [-0.1, -0.05) is 24.3 Å². The maximum atomic E-state index is 3.55. The molecule has 12 heavy (non-hydrogen) atoms. The second-order valence-corrected chi connectivity index (χ2v) is 3.93. The molecular formula is C10H12NP. The molecule has 0 spiro atoms. The standard InChI is InChI=1S/C10H12NP/c1-8(12)11-6-9-4-2-3-5-10(9)7-11/h2-5,12H,6-7H2,1H3. The summed E-state index contributed by atoms with van der Waals surface area (Å²) in [4.78, 5) is 2.32. The minimum absolute atomic E-state index is 1.05. The van der Waals surface area contributed by atoms with Gasteiger partial charge in [-0.2, -0.15) is 0 Å². The van der Waals surface area contributed by atoms with E-state index in [1.54, 1.807) is 0 Å².